The highest BCUT2D eigenvalue weighted by Gasteiger charge is 2.04. The molecule has 1 aromatic carbocycles. The molecule has 1 aromatic rings. The van der Waals surface area contributed by atoms with Crippen molar-refractivity contribution in [3.8, 4) is 11.5 Å². The van der Waals surface area contributed by atoms with Gasteiger partial charge in [0.15, 0.2) is 0 Å². The predicted octanol–water partition coefficient (Wildman–Crippen LogP) is 5.05. The minimum Gasteiger partial charge on any atom is -0.493 e. The Labute approximate surface area is 128 Å². The van der Waals surface area contributed by atoms with Crippen molar-refractivity contribution < 1.29 is 14.3 Å². The topological polar surface area (TPSA) is 35.5 Å². The van der Waals surface area contributed by atoms with E-state index in [4.69, 9.17) is 9.47 Å². The molecule has 118 valence electrons. The van der Waals surface area contributed by atoms with E-state index < -0.39 is 0 Å². The van der Waals surface area contributed by atoms with Crippen molar-refractivity contribution in [3.05, 3.63) is 23.8 Å². The van der Waals surface area contributed by atoms with Crippen LogP contribution in [0.15, 0.2) is 18.2 Å². The molecule has 0 spiro atoms. The van der Waals surface area contributed by atoms with E-state index in [1.165, 1.54) is 45.4 Å². The summed E-state index contributed by atoms with van der Waals surface area (Å²) >= 11 is 0. The number of carbonyl (C=O) groups is 1. The van der Waals surface area contributed by atoms with Crippen molar-refractivity contribution >= 4 is 5.97 Å². The van der Waals surface area contributed by atoms with Crippen LogP contribution in [-0.2, 0) is 4.79 Å². The van der Waals surface area contributed by atoms with Gasteiger partial charge in [-0.05, 0) is 37.1 Å². The molecule has 0 saturated heterocycles. The Bertz CT molecular complexity index is 426. The van der Waals surface area contributed by atoms with Crippen LogP contribution in [0.25, 0.3) is 0 Å². The van der Waals surface area contributed by atoms with Crippen molar-refractivity contribution in [2.24, 2.45) is 0 Å². The second kappa shape index (κ2) is 10.3. The highest BCUT2D eigenvalue weighted by atomic mass is 16.5. The fourth-order valence-electron chi connectivity index (χ4n) is 2.25. The van der Waals surface area contributed by atoms with Crippen LogP contribution in [-0.4, -0.2) is 12.6 Å². The maximum Gasteiger partial charge on any atom is 0.308 e. The lowest BCUT2D eigenvalue weighted by molar-refractivity contribution is -0.131. The lowest BCUT2D eigenvalue weighted by atomic mass is 10.1. The van der Waals surface area contributed by atoms with Crippen molar-refractivity contribution in [3.63, 3.8) is 0 Å². The van der Waals surface area contributed by atoms with E-state index in [2.05, 4.69) is 6.92 Å². The van der Waals surface area contributed by atoms with Gasteiger partial charge in [-0.2, -0.15) is 0 Å². The Morgan fingerprint density at radius 1 is 1.05 bits per heavy atom. The maximum atomic E-state index is 10.9. The molecular formula is C18H28O3. The van der Waals surface area contributed by atoms with Gasteiger partial charge in [-0.15, -0.1) is 0 Å². The minimum absolute atomic E-state index is 0.300. The molecule has 0 saturated carbocycles. The normalized spacial score (nSPS) is 10.4. The number of esters is 1. The van der Waals surface area contributed by atoms with Crippen molar-refractivity contribution in [2.75, 3.05) is 6.61 Å². The highest BCUT2D eigenvalue weighted by molar-refractivity contribution is 5.69. The number of carbonyl (C=O) groups excluding carboxylic acids is 1. The molecule has 0 aliphatic rings. The SMILES string of the molecule is CCCCCCCCCOc1ccc(OC(C)=O)cc1C. The first-order valence-electron chi connectivity index (χ1n) is 8.05. The van der Waals surface area contributed by atoms with Gasteiger partial charge in [0.2, 0.25) is 0 Å². The Morgan fingerprint density at radius 2 is 1.71 bits per heavy atom. The third kappa shape index (κ3) is 7.74. The zero-order valence-electron chi connectivity index (χ0n) is 13.6. The van der Waals surface area contributed by atoms with Gasteiger partial charge in [0.25, 0.3) is 0 Å². The summed E-state index contributed by atoms with van der Waals surface area (Å²) in [5, 5.41) is 0. The largest absolute Gasteiger partial charge is 0.493 e. The monoisotopic (exact) mass is 292 g/mol. The van der Waals surface area contributed by atoms with E-state index >= 15 is 0 Å². The predicted molar refractivity (Wildman–Crippen MR) is 86.0 cm³/mol. The van der Waals surface area contributed by atoms with Gasteiger partial charge in [0, 0.05) is 6.92 Å². The smallest absolute Gasteiger partial charge is 0.308 e. The number of benzene rings is 1. The first-order valence-corrected chi connectivity index (χ1v) is 8.05. The van der Waals surface area contributed by atoms with E-state index in [9.17, 15) is 4.79 Å². The summed E-state index contributed by atoms with van der Waals surface area (Å²) in [5.74, 6) is 1.14. The molecule has 0 N–H and O–H groups in total. The van der Waals surface area contributed by atoms with E-state index in [1.54, 1.807) is 6.07 Å². The number of hydrogen-bond donors (Lipinski definition) is 0. The Morgan fingerprint density at radius 3 is 2.33 bits per heavy atom. The van der Waals surface area contributed by atoms with Crippen LogP contribution in [0.1, 0.15) is 64.4 Å². The van der Waals surface area contributed by atoms with Gasteiger partial charge in [-0.1, -0.05) is 45.4 Å². The molecule has 0 atom stereocenters. The van der Waals surface area contributed by atoms with E-state index in [-0.39, 0.29) is 5.97 Å². The number of ether oxygens (including phenoxy) is 2. The van der Waals surface area contributed by atoms with Gasteiger partial charge in [-0.3, -0.25) is 4.79 Å². The van der Waals surface area contributed by atoms with E-state index in [0.29, 0.717) is 5.75 Å². The lowest BCUT2D eigenvalue weighted by Crippen LogP contribution is -2.03. The molecule has 0 fully saturated rings. The molecule has 3 heteroatoms. The van der Waals surface area contributed by atoms with Crippen LogP contribution in [0, 0.1) is 6.92 Å². The molecule has 0 aliphatic carbocycles. The average Bonchev–Trinajstić information content (AvgIpc) is 2.43. The van der Waals surface area contributed by atoms with Crippen LogP contribution in [0.4, 0.5) is 0 Å². The molecule has 0 amide bonds. The van der Waals surface area contributed by atoms with Gasteiger partial charge < -0.3 is 9.47 Å². The molecule has 21 heavy (non-hydrogen) atoms. The third-order valence-corrected chi connectivity index (χ3v) is 3.41. The molecule has 3 nitrogen and oxygen atoms in total. The van der Waals surface area contributed by atoms with Crippen LogP contribution >= 0.6 is 0 Å². The summed E-state index contributed by atoms with van der Waals surface area (Å²) in [6.45, 7) is 6.36. The number of hydrogen-bond acceptors (Lipinski definition) is 3. The average molecular weight is 292 g/mol. The molecular weight excluding hydrogens is 264 g/mol. The number of unbranched alkanes of at least 4 members (excludes halogenated alkanes) is 6. The second-order valence-corrected chi connectivity index (χ2v) is 5.49. The van der Waals surface area contributed by atoms with Crippen LogP contribution in [0.3, 0.4) is 0 Å². The Hall–Kier alpha value is -1.51. The molecule has 0 aromatic heterocycles. The quantitative estimate of drug-likeness (QED) is 0.344. The molecule has 0 radical (unpaired) electrons. The molecule has 0 bridgehead atoms. The summed E-state index contributed by atoms with van der Waals surface area (Å²) in [6, 6.07) is 5.48. The fraction of sp³-hybridized carbons (Fsp3) is 0.611. The van der Waals surface area contributed by atoms with Crippen LogP contribution in [0.5, 0.6) is 11.5 Å². The molecule has 0 unspecified atom stereocenters. The standard InChI is InChI=1S/C18H28O3/c1-4-5-6-7-8-9-10-13-20-18-12-11-17(14-15(18)2)21-16(3)19/h11-12,14H,4-10,13H2,1-3H3. The summed E-state index contributed by atoms with van der Waals surface area (Å²) < 4.78 is 10.8. The molecule has 0 heterocycles. The van der Waals surface area contributed by atoms with Crippen molar-refractivity contribution in [2.45, 2.75) is 65.7 Å². The van der Waals surface area contributed by atoms with Gasteiger partial charge >= 0.3 is 5.97 Å². The van der Waals surface area contributed by atoms with Crippen molar-refractivity contribution in [1.29, 1.82) is 0 Å². The summed E-state index contributed by atoms with van der Waals surface area (Å²) in [6.07, 6.45) is 8.97. The Balaban J connectivity index is 2.21. The van der Waals surface area contributed by atoms with Crippen molar-refractivity contribution in [1.82, 2.24) is 0 Å². The molecule has 1 rings (SSSR count). The number of rotatable bonds is 10. The minimum atomic E-state index is -0.300. The lowest BCUT2D eigenvalue weighted by Gasteiger charge is -2.10. The Kier molecular flexibility index (Phi) is 8.56. The first-order chi connectivity index (χ1) is 10.1. The zero-order chi connectivity index (χ0) is 15.5. The van der Waals surface area contributed by atoms with Gasteiger partial charge in [0.1, 0.15) is 11.5 Å². The van der Waals surface area contributed by atoms with E-state index in [1.807, 2.05) is 19.1 Å². The second-order valence-electron chi connectivity index (χ2n) is 5.49. The third-order valence-electron chi connectivity index (χ3n) is 3.41. The fourth-order valence-corrected chi connectivity index (χ4v) is 2.25. The first kappa shape index (κ1) is 17.5. The number of aryl methyl sites for hydroxylation is 1. The summed E-state index contributed by atoms with van der Waals surface area (Å²) in [7, 11) is 0. The van der Waals surface area contributed by atoms with Crippen LogP contribution in [0.2, 0.25) is 0 Å². The van der Waals surface area contributed by atoms with Gasteiger partial charge in [0.05, 0.1) is 6.61 Å². The summed E-state index contributed by atoms with van der Waals surface area (Å²) in [5.41, 5.74) is 0.997. The van der Waals surface area contributed by atoms with Gasteiger partial charge in [-0.25, -0.2) is 0 Å². The summed E-state index contributed by atoms with van der Waals surface area (Å²) in [4.78, 5) is 10.9. The molecule has 0 aliphatic heterocycles. The highest BCUT2D eigenvalue weighted by Crippen LogP contribution is 2.23. The van der Waals surface area contributed by atoms with E-state index in [0.717, 1.165) is 24.3 Å². The maximum absolute atomic E-state index is 10.9. The van der Waals surface area contributed by atoms with Crippen LogP contribution < -0.4 is 9.47 Å². The zero-order valence-corrected chi connectivity index (χ0v) is 13.6.